The molecule has 0 radical (unpaired) electrons. The molecule has 36 heavy (non-hydrogen) atoms. The second-order valence-corrected chi connectivity index (χ2v) is 8.32. The Labute approximate surface area is 238 Å². The molecule has 0 spiro atoms. The van der Waals surface area contributed by atoms with Gasteiger partial charge in [0.1, 0.15) is 5.69 Å². The molecule has 1 aromatic carbocycles. The summed E-state index contributed by atoms with van der Waals surface area (Å²) in [5, 5.41) is 9.33. The molecule has 0 amide bonds. The quantitative estimate of drug-likeness (QED) is 0.0979. The summed E-state index contributed by atoms with van der Waals surface area (Å²) in [6.45, 7) is 14.5. The average Bonchev–Trinajstić information content (AvgIpc) is 3.21. The van der Waals surface area contributed by atoms with E-state index < -0.39 is 0 Å². The summed E-state index contributed by atoms with van der Waals surface area (Å²) in [7, 11) is 0. The van der Waals surface area contributed by atoms with Crippen molar-refractivity contribution in [3.8, 4) is 0 Å². The number of aromatic nitrogens is 2. The lowest BCUT2D eigenvalue weighted by atomic mass is 10.1. The lowest BCUT2D eigenvalue weighted by molar-refractivity contribution is -0.684. The maximum atomic E-state index is 5.68. The number of anilines is 2. The highest BCUT2D eigenvalue weighted by atomic mass is 79.9. The summed E-state index contributed by atoms with van der Waals surface area (Å²) in [5.41, 5.74) is 14.6. The summed E-state index contributed by atoms with van der Waals surface area (Å²) >= 11 is 0. The molecular formula is C25H39BrCl2N8-2. The second-order valence-electron chi connectivity index (χ2n) is 8.32. The van der Waals surface area contributed by atoms with Crippen molar-refractivity contribution in [2.75, 3.05) is 49.1 Å². The number of halogens is 3. The zero-order valence-corrected chi connectivity index (χ0v) is 24.0. The minimum absolute atomic E-state index is 0. The monoisotopic (exact) mass is 600 g/mol. The van der Waals surface area contributed by atoms with E-state index in [-0.39, 0.29) is 41.8 Å². The van der Waals surface area contributed by atoms with Crippen molar-refractivity contribution < 1.29 is 46.4 Å². The Hall–Kier alpha value is -1.91. The van der Waals surface area contributed by atoms with Gasteiger partial charge in [0.2, 0.25) is 0 Å². The third kappa shape index (κ3) is 9.19. The molecule has 2 heterocycles. The first kappa shape index (κ1) is 34.1. The molecule has 0 saturated heterocycles. The highest BCUT2D eigenvalue weighted by Crippen LogP contribution is 2.36. The summed E-state index contributed by atoms with van der Waals surface area (Å²) in [6, 6.07) is 6.30. The van der Waals surface area contributed by atoms with Crippen molar-refractivity contribution in [3.63, 3.8) is 0 Å². The molecule has 1 aromatic heterocycles. The van der Waals surface area contributed by atoms with Gasteiger partial charge in [0.25, 0.3) is 0 Å². The maximum Gasteiger partial charge on any atom is 0.421 e. The van der Waals surface area contributed by atoms with Crippen LogP contribution in [0.2, 0.25) is 0 Å². The molecule has 0 aliphatic carbocycles. The number of hydrogen-bond donors (Lipinski definition) is 2. The largest absolute Gasteiger partial charge is 1.00 e. The van der Waals surface area contributed by atoms with Gasteiger partial charge >= 0.3 is 5.95 Å². The van der Waals surface area contributed by atoms with Crippen LogP contribution < -0.4 is 67.6 Å². The SMILES string of the molecule is C=CCN1CCN(CC=C)c2cc(N=Nc3n(CCCCN)cc[n+]3CCCCN)ccc21.[Br-].[Cl-].[Cl-]. The number of nitrogens with two attached hydrogens (primary N) is 2. The lowest BCUT2D eigenvalue weighted by Crippen LogP contribution is -3.00. The van der Waals surface area contributed by atoms with Crippen LogP contribution in [0.3, 0.4) is 0 Å². The van der Waals surface area contributed by atoms with Crippen molar-refractivity contribution in [2.45, 2.75) is 38.8 Å². The van der Waals surface area contributed by atoms with Gasteiger partial charge in [0, 0.05) is 31.3 Å². The molecule has 0 unspecified atom stereocenters. The highest BCUT2D eigenvalue weighted by Gasteiger charge is 2.22. The zero-order chi connectivity index (χ0) is 23.5. The third-order valence-corrected chi connectivity index (χ3v) is 5.88. The van der Waals surface area contributed by atoms with E-state index in [1.165, 1.54) is 5.69 Å². The van der Waals surface area contributed by atoms with Crippen molar-refractivity contribution in [1.82, 2.24) is 4.57 Å². The zero-order valence-electron chi connectivity index (χ0n) is 20.9. The molecule has 3 rings (SSSR count). The Morgan fingerprint density at radius 2 is 1.53 bits per heavy atom. The van der Waals surface area contributed by atoms with Gasteiger partial charge in [-0.2, -0.15) is 0 Å². The standard InChI is InChI=1S/C25H39N8.BrH.2ClH/c1-3-13-30-17-18-31(14-4-2)24-21-22(9-10-23(24)30)28-29-25-32(15-7-5-11-26)19-20-33(25)16-8-6-12-27;;;/h3-4,9-10,19-21H,1-2,5-8,11-18,26-27H2;3*1H/q+1;;;/p-3. The Balaban J connectivity index is 0.00000408. The van der Waals surface area contributed by atoms with Crippen LogP contribution in [-0.4, -0.2) is 43.8 Å². The number of benzene rings is 1. The van der Waals surface area contributed by atoms with E-state index in [4.69, 9.17) is 11.5 Å². The van der Waals surface area contributed by atoms with E-state index in [0.29, 0.717) is 13.1 Å². The number of aryl methyl sites for hydroxylation is 2. The number of imidazole rings is 1. The average molecular weight is 602 g/mol. The predicted molar refractivity (Wildman–Crippen MR) is 137 cm³/mol. The van der Waals surface area contributed by atoms with E-state index in [9.17, 15) is 0 Å². The molecule has 0 atom stereocenters. The van der Waals surface area contributed by atoms with E-state index in [1.54, 1.807) is 0 Å². The van der Waals surface area contributed by atoms with Gasteiger partial charge in [-0.25, -0.2) is 9.13 Å². The smallest absolute Gasteiger partial charge is 0.421 e. The minimum Gasteiger partial charge on any atom is -1.00 e. The Bertz CT molecular complexity index is 923. The number of unbranched alkanes of at least 4 members (excludes halogenated alkanes) is 2. The van der Waals surface area contributed by atoms with Gasteiger partial charge < -0.3 is 63.1 Å². The fraction of sp³-hybridized carbons (Fsp3) is 0.480. The number of nitrogens with zero attached hydrogens (tertiary/aromatic N) is 6. The van der Waals surface area contributed by atoms with Crippen LogP contribution in [0.4, 0.5) is 23.0 Å². The summed E-state index contributed by atoms with van der Waals surface area (Å²) in [4.78, 5) is 4.68. The number of fused-ring (bicyclic) bond motifs is 1. The van der Waals surface area contributed by atoms with Gasteiger partial charge in [0.15, 0.2) is 0 Å². The second kappa shape index (κ2) is 18.4. The molecule has 11 heteroatoms. The topological polar surface area (TPSA) is 92.0 Å². The van der Waals surface area contributed by atoms with E-state index in [1.807, 2.05) is 18.2 Å². The van der Waals surface area contributed by atoms with E-state index in [0.717, 1.165) is 82.3 Å². The van der Waals surface area contributed by atoms with Crippen molar-refractivity contribution in [2.24, 2.45) is 21.7 Å². The third-order valence-electron chi connectivity index (χ3n) is 5.88. The van der Waals surface area contributed by atoms with Gasteiger partial charge in [-0.1, -0.05) is 17.3 Å². The van der Waals surface area contributed by atoms with Crippen molar-refractivity contribution >= 4 is 23.0 Å². The van der Waals surface area contributed by atoms with Gasteiger partial charge in [-0.05, 0) is 57.0 Å². The van der Waals surface area contributed by atoms with Crippen molar-refractivity contribution in [1.29, 1.82) is 0 Å². The molecule has 1 aliphatic heterocycles. The van der Waals surface area contributed by atoms with Gasteiger partial charge in [-0.3, -0.25) is 0 Å². The summed E-state index contributed by atoms with van der Waals surface area (Å²) in [5.74, 6) is 0.859. The van der Waals surface area contributed by atoms with Gasteiger partial charge in [-0.15, -0.1) is 13.2 Å². The first-order valence-corrected chi connectivity index (χ1v) is 12.0. The van der Waals surface area contributed by atoms with Crippen LogP contribution in [0.25, 0.3) is 0 Å². The Morgan fingerprint density at radius 1 is 0.889 bits per heavy atom. The highest BCUT2D eigenvalue weighted by molar-refractivity contribution is 5.77. The number of azo groups is 1. The van der Waals surface area contributed by atoms with Crippen LogP contribution in [0.5, 0.6) is 0 Å². The number of rotatable bonds is 14. The molecule has 0 saturated carbocycles. The molecule has 2 aromatic rings. The van der Waals surface area contributed by atoms with Gasteiger partial charge in [0.05, 0.1) is 36.9 Å². The van der Waals surface area contributed by atoms with Crippen LogP contribution in [0.15, 0.2) is 66.1 Å². The molecule has 0 bridgehead atoms. The fourth-order valence-corrected chi connectivity index (χ4v) is 4.15. The molecule has 8 nitrogen and oxygen atoms in total. The van der Waals surface area contributed by atoms with Crippen LogP contribution in [-0.2, 0) is 13.1 Å². The molecule has 1 aliphatic rings. The Kier molecular flexibility index (Phi) is 17.4. The first-order chi connectivity index (χ1) is 16.2. The number of hydrogen-bond acceptors (Lipinski definition) is 6. The molecular weight excluding hydrogens is 563 g/mol. The van der Waals surface area contributed by atoms with Crippen LogP contribution in [0, 0.1) is 0 Å². The predicted octanol–water partition coefficient (Wildman–Crippen LogP) is -5.32. The van der Waals surface area contributed by atoms with E-state index >= 15 is 0 Å². The normalized spacial score (nSPS) is 12.4. The first-order valence-electron chi connectivity index (χ1n) is 12.0. The summed E-state index contributed by atoms with van der Waals surface area (Å²) < 4.78 is 4.33. The Morgan fingerprint density at radius 3 is 2.17 bits per heavy atom. The van der Waals surface area contributed by atoms with E-state index in [2.05, 4.69) is 66.8 Å². The molecule has 0 fully saturated rings. The maximum absolute atomic E-state index is 5.68. The molecule has 4 N–H and O–H groups in total. The van der Waals surface area contributed by atoms with Crippen molar-refractivity contribution in [3.05, 3.63) is 55.9 Å². The van der Waals surface area contributed by atoms with Crippen LogP contribution >= 0.6 is 0 Å². The summed E-state index contributed by atoms with van der Waals surface area (Å²) in [6.07, 6.45) is 12.1. The van der Waals surface area contributed by atoms with Crippen LogP contribution in [0.1, 0.15) is 25.7 Å². The lowest BCUT2D eigenvalue weighted by Gasteiger charge is -2.38. The molecule has 202 valence electrons. The fourth-order valence-electron chi connectivity index (χ4n) is 4.15. The minimum atomic E-state index is 0.